The minimum absolute atomic E-state index is 0.0569. The van der Waals surface area contributed by atoms with E-state index in [0.29, 0.717) is 15.3 Å². The SMILES string of the molecule is CON(C)S(=O)(=O)c1cccc(C(=O)Nc2ccc(Cl)cn2)c1. The van der Waals surface area contributed by atoms with Crippen LogP contribution in [0.1, 0.15) is 10.4 Å². The number of anilines is 1. The fraction of sp³-hybridized carbons (Fsp3) is 0.143. The Kier molecular flexibility index (Phi) is 5.32. The van der Waals surface area contributed by atoms with Crippen molar-refractivity contribution in [2.45, 2.75) is 4.90 Å². The molecule has 1 amide bonds. The summed E-state index contributed by atoms with van der Waals surface area (Å²) in [6, 6.07) is 8.73. The van der Waals surface area contributed by atoms with E-state index in [1.165, 1.54) is 44.6 Å². The van der Waals surface area contributed by atoms with E-state index in [9.17, 15) is 13.2 Å². The zero-order valence-electron chi connectivity index (χ0n) is 12.4. The van der Waals surface area contributed by atoms with Gasteiger partial charge in [-0.25, -0.2) is 13.4 Å². The number of carbonyl (C=O) groups excluding carboxylic acids is 1. The molecule has 0 aliphatic heterocycles. The average molecular weight is 356 g/mol. The number of benzene rings is 1. The van der Waals surface area contributed by atoms with Crippen LogP contribution in [-0.4, -0.2) is 37.9 Å². The fourth-order valence-corrected chi connectivity index (χ4v) is 2.81. The van der Waals surface area contributed by atoms with Gasteiger partial charge >= 0.3 is 0 Å². The van der Waals surface area contributed by atoms with E-state index in [1.54, 1.807) is 12.1 Å². The highest BCUT2D eigenvalue weighted by molar-refractivity contribution is 7.89. The normalized spacial score (nSPS) is 11.5. The van der Waals surface area contributed by atoms with Gasteiger partial charge in [-0.2, -0.15) is 0 Å². The van der Waals surface area contributed by atoms with Crippen molar-refractivity contribution in [1.82, 2.24) is 9.45 Å². The smallest absolute Gasteiger partial charge is 0.264 e. The van der Waals surface area contributed by atoms with Crippen molar-refractivity contribution >= 4 is 33.3 Å². The zero-order valence-corrected chi connectivity index (χ0v) is 13.9. The van der Waals surface area contributed by atoms with E-state index < -0.39 is 15.9 Å². The van der Waals surface area contributed by atoms with E-state index in [0.717, 1.165) is 0 Å². The first-order valence-corrected chi connectivity index (χ1v) is 8.22. The van der Waals surface area contributed by atoms with Crippen molar-refractivity contribution in [2.24, 2.45) is 0 Å². The van der Waals surface area contributed by atoms with Gasteiger partial charge in [-0.3, -0.25) is 9.63 Å². The van der Waals surface area contributed by atoms with Crippen molar-refractivity contribution < 1.29 is 18.0 Å². The van der Waals surface area contributed by atoms with Gasteiger partial charge in [0.25, 0.3) is 15.9 Å². The van der Waals surface area contributed by atoms with Crippen molar-refractivity contribution in [3.63, 3.8) is 0 Å². The molecular formula is C14H14ClN3O4S. The average Bonchev–Trinajstić information content (AvgIpc) is 2.56. The minimum Gasteiger partial charge on any atom is -0.307 e. The third-order valence-corrected chi connectivity index (χ3v) is 4.86. The van der Waals surface area contributed by atoms with Crippen molar-refractivity contribution in [3.8, 4) is 0 Å². The molecule has 23 heavy (non-hydrogen) atoms. The first-order valence-electron chi connectivity index (χ1n) is 6.40. The summed E-state index contributed by atoms with van der Waals surface area (Å²) in [6.45, 7) is 0. The predicted octanol–water partition coefficient (Wildman–Crippen LogP) is 2.17. The second-order valence-electron chi connectivity index (χ2n) is 4.44. The largest absolute Gasteiger partial charge is 0.307 e. The van der Waals surface area contributed by atoms with Gasteiger partial charge in [-0.15, -0.1) is 0 Å². The number of nitrogens with zero attached hydrogens (tertiary/aromatic N) is 2. The van der Waals surface area contributed by atoms with E-state index in [1.807, 2.05) is 0 Å². The molecule has 0 radical (unpaired) electrons. The van der Waals surface area contributed by atoms with Crippen LogP contribution in [0.2, 0.25) is 5.02 Å². The van der Waals surface area contributed by atoms with Gasteiger partial charge in [0.1, 0.15) is 5.82 Å². The maximum atomic E-state index is 12.2. The van der Waals surface area contributed by atoms with Gasteiger partial charge in [0.05, 0.1) is 17.0 Å². The molecule has 0 atom stereocenters. The number of hydrogen-bond acceptors (Lipinski definition) is 5. The summed E-state index contributed by atoms with van der Waals surface area (Å²) >= 11 is 5.72. The van der Waals surface area contributed by atoms with Crippen molar-refractivity contribution in [3.05, 3.63) is 53.2 Å². The van der Waals surface area contributed by atoms with Crippen molar-refractivity contribution in [2.75, 3.05) is 19.5 Å². The molecule has 9 heteroatoms. The summed E-state index contributed by atoms with van der Waals surface area (Å²) < 4.78 is 25.1. The second kappa shape index (κ2) is 7.05. The van der Waals surface area contributed by atoms with Crippen LogP contribution in [-0.2, 0) is 14.9 Å². The number of amides is 1. The first kappa shape index (κ1) is 17.4. The lowest BCUT2D eigenvalue weighted by molar-refractivity contribution is -0.0258. The molecule has 0 aliphatic carbocycles. The molecule has 2 aromatic rings. The standard InChI is InChI=1S/C14H14ClN3O4S/c1-18(22-2)23(20,21)12-5-3-4-10(8-12)14(19)17-13-7-6-11(15)9-16-13/h3-9H,1-2H3,(H,16,17,19). The number of halogens is 1. The van der Waals surface area contributed by atoms with Crippen LogP contribution in [0.5, 0.6) is 0 Å². The third-order valence-electron chi connectivity index (χ3n) is 2.96. The number of nitrogens with one attached hydrogen (secondary N) is 1. The Labute approximate surface area is 138 Å². The molecular weight excluding hydrogens is 342 g/mol. The molecule has 0 spiro atoms. The fourth-order valence-electron chi connectivity index (χ4n) is 1.68. The lowest BCUT2D eigenvalue weighted by atomic mass is 10.2. The van der Waals surface area contributed by atoms with Crippen LogP contribution in [0, 0.1) is 0 Å². The summed E-state index contributed by atoms with van der Waals surface area (Å²) in [5, 5.41) is 3.00. The van der Waals surface area contributed by atoms with Crippen molar-refractivity contribution in [1.29, 1.82) is 0 Å². The lowest BCUT2D eigenvalue weighted by Gasteiger charge is -2.14. The summed E-state index contributed by atoms with van der Waals surface area (Å²) in [5.74, 6) is -0.182. The number of pyridine rings is 1. The topological polar surface area (TPSA) is 88.6 Å². The van der Waals surface area contributed by atoms with Gasteiger partial charge in [-0.1, -0.05) is 22.1 Å². The lowest BCUT2D eigenvalue weighted by Crippen LogP contribution is -2.26. The molecule has 0 aliphatic rings. The number of rotatable bonds is 5. The maximum absolute atomic E-state index is 12.2. The Morgan fingerprint density at radius 2 is 2.04 bits per heavy atom. The molecule has 1 aromatic carbocycles. The predicted molar refractivity (Wildman–Crippen MR) is 85.6 cm³/mol. The van der Waals surface area contributed by atoms with Crippen LogP contribution in [0.25, 0.3) is 0 Å². The number of aromatic nitrogens is 1. The van der Waals surface area contributed by atoms with Crippen LogP contribution < -0.4 is 5.32 Å². The summed E-state index contributed by atoms with van der Waals surface area (Å²) in [4.78, 5) is 20.8. The quantitative estimate of drug-likeness (QED) is 0.830. The van der Waals surface area contributed by atoms with Gasteiger partial charge < -0.3 is 5.32 Å². The maximum Gasteiger partial charge on any atom is 0.264 e. The van der Waals surface area contributed by atoms with Gasteiger partial charge in [0, 0.05) is 18.8 Å². The number of hydrogen-bond donors (Lipinski definition) is 1. The van der Waals surface area contributed by atoms with Gasteiger partial charge in [-0.05, 0) is 30.3 Å². The van der Waals surface area contributed by atoms with Gasteiger partial charge in [0.2, 0.25) is 0 Å². The Morgan fingerprint density at radius 1 is 1.30 bits per heavy atom. The molecule has 1 N–H and O–H groups in total. The Hall–Kier alpha value is -2.00. The number of sulfonamides is 1. The van der Waals surface area contributed by atoms with E-state index in [-0.39, 0.29) is 10.5 Å². The third kappa shape index (κ3) is 4.05. The summed E-state index contributed by atoms with van der Waals surface area (Å²) in [7, 11) is -1.33. The van der Waals surface area contributed by atoms with Crippen LogP contribution in [0.15, 0.2) is 47.5 Å². The Morgan fingerprint density at radius 3 is 2.65 bits per heavy atom. The van der Waals surface area contributed by atoms with Crippen LogP contribution in [0.4, 0.5) is 5.82 Å². The van der Waals surface area contributed by atoms with Gasteiger partial charge in [0.15, 0.2) is 0 Å². The van der Waals surface area contributed by atoms with Crippen LogP contribution >= 0.6 is 11.6 Å². The molecule has 7 nitrogen and oxygen atoms in total. The zero-order chi connectivity index (χ0) is 17.0. The summed E-state index contributed by atoms with van der Waals surface area (Å²) in [5.41, 5.74) is 0.173. The Balaban J connectivity index is 2.25. The van der Waals surface area contributed by atoms with E-state index in [2.05, 4.69) is 10.3 Å². The number of hydroxylamine groups is 1. The highest BCUT2D eigenvalue weighted by Crippen LogP contribution is 2.17. The molecule has 0 fully saturated rings. The summed E-state index contributed by atoms with van der Waals surface area (Å²) in [6.07, 6.45) is 1.39. The molecule has 1 heterocycles. The molecule has 1 aromatic heterocycles. The second-order valence-corrected chi connectivity index (χ2v) is 6.81. The highest BCUT2D eigenvalue weighted by atomic mass is 35.5. The van der Waals surface area contributed by atoms with Crippen LogP contribution in [0.3, 0.4) is 0 Å². The molecule has 0 saturated carbocycles. The molecule has 0 bridgehead atoms. The van der Waals surface area contributed by atoms with E-state index >= 15 is 0 Å². The molecule has 0 unspecified atom stereocenters. The highest BCUT2D eigenvalue weighted by Gasteiger charge is 2.22. The minimum atomic E-state index is -3.83. The monoisotopic (exact) mass is 355 g/mol. The molecule has 2 rings (SSSR count). The first-order chi connectivity index (χ1) is 10.8. The molecule has 0 saturated heterocycles. The van der Waals surface area contributed by atoms with E-state index in [4.69, 9.17) is 16.4 Å². The Bertz CT molecular complexity index is 809. The number of carbonyl (C=O) groups is 1. The molecule has 122 valence electrons.